The van der Waals surface area contributed by atoms with Crippen molar-refractivity contribution in [1.29, 1.82) is 0 Å². The van der Waals surface area contributed by atoms with Gasteiger partial charge in [-0.15, -0.1) is 0 Å². The zero-order valence-electron chi connectivity index (χ0n) is 16.7. The van der Waals surface area contributed by atoms with Gasteiger partial charge in [0.15, 0.2) is 5.78 Å². The summed E-state index contributed by atoms with van der Waals surface area (Å²) in [7, 11) is 0. The molecule has 0 radical (unpaired) electrons. The van der Waals surface area contributed by atoms with E-state index in [1.54, 1.807) is 48.5 Å². The molecule has 30 heavy (non-hydrogen) atoms. The van der Waals surface area contributed by atoms with Crippen molar-refractivity contribution < 1.29 is 38.7 Å². The predicted octanol–water partition coefficient (Wildman–Crippen LogP) is 2.61. The van der Waals surface area contributed by atoms with E-state index in [2.05, 4.69) is 4.89 Å². The minimum Gasteiger partial charge on any atom is -0.460 e. The first-order valence-electron chi connectivity index (χ1n) is 9.59. The van der Waals surface area contributed by atoms with Gasteiger partial charge in [0.25, 0.3) is 0 Å². The van der Waals surface area contributed by atoms with Crippen LogP contribution in [0.15, 0.2) is 54.6 Å². The number of benzene rings is 2. The van der Waals surface area contributed by atoms with Gasteiger partial charge in [0.05, 0.1) is 45.2 Å². The quantitative estimate of drug-likeness (QED) is 0.155. The van der Waals surface area contributed by atoms with Crippen LogP contribution in [0.4, 0.5) is 0 Å². The zero-order valence-corrected chi connectivity index (χ0v) is 16.7. The van der Waals surface area contributed by atoms with E-state index in [9.17, 15) is 9.59 Å². The Kier molecular flexibility index (Phi) is 11.3. The van der Waals surface area contributed by atoms with Gasteiger partial charge in [-0.1, -0.05) is 48.5 Å². The molecular formula is C22H26O8. The van der Waals surface area contributed by atoms with Crippen molar-refractivity contribution in [2.24, 2.45) is 0 Å². The van der Waals surface area contributed by atoms with Crippen molar-refractivity contribution in [2.45, 2.75) is 0 Å². The average Bonchev–Trinajstić information content (AvgIpc) is 2.79. The number of esters is 1. The molecule has 8 heteroatoms. The van der Waals surface area contributed by atoms with Gasteiger partial charge < -0.3 is 18.9 Å². The summed E-state index contributed by atoms with van der Waals surface area (Å²) in [6.07, 6.45) is 0. The van der Waals surface area contributed by atoms with Gasteiger partial charge in [0, 0.05) is 11.1 Å². The van der Waals surface area contributed by atoms with Gasteiger partial charge in [0.1, 0.15) is 13.2 Å². The number of ether oxygens (including phenoxy) is 4. The van der Waals surface area contributed by atoms with Crippen LogP contribution in [0.2, 0.25) is 0 Å². The molecule has 0 spiro atoms. The summed E-state index contributed by atoms with van der Waals surface area (Å²) < 4.78 is 21.0. The molecule has 0 bridgehead atoms. The van der Waals surface area contributed by atoms with Gasteiger partial charge in [-0.2, -0.15) is 0 Å². The van der Waals surface area contributed by atoms with Crippen LogP contribution in [0.5, 0.6) is 0 Å². The lowest BCUT2D eigenvalue weighted by atomic mass is 9.98. The summed E-state index contributed by atoms with van der Waals surface area (Å²) in [4.78, 5) is 28.9. The highest BCUT2D eigenvalue weighted by Crippen LogP contribution is 2.15. The molecule has 0 unspecified atom stereocenters. The number of hydrogen-bond acceptors (Lipinski definition) is 8. The number of hydrogen-bond donors (Lipinski definition) is 1. The van der Waals surface area contributed by atoms with Crippen LogP contribution >= 0.6 is 0 Å². The molecule has 2 rings (SSSR count). The Morgan fingerprint density at radius 1 is 0.633 bits per heavy atom. The normalized spacial score (nSPS) is 10.7. The molecule has 8 nitrogen and oxygen atoms in total. The fraction of sp³-hybridized carbons (Fsp3) is 0.364. The molecule has 162 valence electrons. The van der Waals surface area contributed by atoms with Crippen LogP contribution in [0.25, 0.3) is 0 Å². The molecule has 0 aliphatic rings. The van der Waals surface area contributed by atoms with Crippen LogP contribution in [-0.2, 0) is 23.8 Å². The zero-order chi connectivity index (χ0) is 21.4. The fourth-order valence-electron chi connectivity index (χ4n) is 2.51. The molecule has 0 atom stereocenters. The lowest BCUT2D eigenvalue weighted by Gasteiger charge is -2.10. The van der Waals surface area contributed by atoms with Gasteiger partial charge >= 0.3 is 5.97 Å². The first-order chi connectivity index (χ1) is 14.7. The monoisotopic (exact) mass is 418 g/mol. The topological polar surface area (TPSA) is 101 Å². The Morgan fingerprint density at radius 2 is 1.13 bits per heavy atom. The van der Waals surface area contributed by atoms with E-state index in [1.165, 1.54) is 0 Å². The molecule has 0 fully saturated rings. The molecule has 0 saturated carbocycles. The van der Waals surface area contributed by atoms with Crippen molar-refractivity contribution in [3.8, 4) is 0 Å². The second-order valence-corrected chi connectivity index (χ2v) is 6.05. The lowest BCUT2D eigenvalue weighted by molar-refractivity contribution is -0.249. The summed E-state index contributed by atoms with van der Waals surface area (Å²) >= 11 is 0. The van der Waals surface area contributed by atoms with Crippen molar-refractivity contribution in [2.75, 3.05) is 52.9 Å². The molecule has 1 N–H and O–H groups in total. The van der Waals surface area contributed by atoms with Crippen molar-refractivity contribution >= 4 is 11.8 Å². The SMILES string of the molecule is O=C(OCCOCCOCCOCCOO)c1ccccc1C(=O)c1ccccc1. The maximum Gasteiger partial charge on any atom is 0.338 e. The molecule has 0 aliphatic heterocycles. The molecule has 0 amide bonds. The Balaban J connectivity index is 1.66. The lowest BCUT2D eigenvalue weighted by Crippen LogP contribution is -2.16. The second-order valence-electron chi connectivity index (χ2n) is 6.05. The van der Waals surface area contributed by atoms with Gasteiger partial charge in [-0.25, -0.2) is 9.68 Å². The highest BCUT2D eigenvalue weighted by molar-refractivity contribution is 6.14. The summed E-state index contributed by atoms with van der Waals surface area (Å²) in [5.41, 5.74) is 1.03. The van der Waals surface area contributed by atoms with E-state index < -0.39 is 5.97 Å². The summed E-state index contributed by atoms with van der Waals surface area (Å²) in [6.45, 7) is 2.21. The van der Waals surface area contributed by atoms with Crippen LogP contribution in [-0.4, -0.2) is 69.9 Å². The minimum atomic E-state index is -0.571. The van der Waals surface area contributed by atoms with Crippen LogP contribution in [0, 0.1) is 0 Å². The third-order valence-corrected chi connectivity index (χ3v) is 3.95. The molecule has 0 saturated heterocycles. The standard InChI is InChI=1S/C22H26O8/c23-21(18-6-2-1-3-7-18)19-8-4-5-9-20(19)22(24)29-16-14-27-12-10-26-11-13-28-15-17-30-25/h1-9,25H,10-17H2. The van der Waals surface area contributed by atoms with Gasteiger partial charge in [0.2, 0.25) is 0 Å². The number of ketones is 1. The maximum atomic E-state index is 12.7. The van der Waals surface area contributed by atoms with Crippen LogP contribution < -0.4 is 0 Å². The largest absolute Gasteiger partial charge is 0.460 e. The van der Waals surface area contributed by atoms with E-state index in [0.717, 1.165) is 0 Å². The fourth-order valence-corrected chi connectivity index (χ4v) is 2.51. The molecule has 2 aromatic rings. The van der Waals surface area contributed by atoms with E-state index in [4.69, 9.17) is 24.2 Å². The maximum absolute atomic E-state index is 12.7. The van der Waals surface area contributed by atoms with E-state index in [0.29, 0.717) is 44.2 Å². The molecule has 2 aromatic carbocycles. The van der Waals surface area contributed by atoms with E-state index in [1.807, 2.05) is 6.07 Å². The third-order valence-electron chi connectivity index (χ3n) is 3.95. The first-order valence-corrected chi connectivity index (χ1v) is 9.59. The summed E-state index contributed by atoms with van der Waals surface area (Å²) in [5, 5.41) is 8.12. The number of rotatable bonds is 15. The van der Waals surface area contributed by atoms with E-state index >= 15 is 0 Å². The predicted molar refractivity (Wildman–Crippen MR) is 108 cm³/mol. The summed E-state index contributed by atoms with van der Waals surface area (Å²) in [6, 6.07) is 15.4. The second kappa shape index (κ2) is 14.4. The molecular weight excluding hydrogens is 392 g/mol. The smallest absolute Gasteiger partial charge is 0.338 e. The van der Waals surface area contributed by atoms with Gasteiger partial charge in [-0.05, 0) is 6.07 Å². The van der Waals surface area contributed by atoms with Crippen LogP contribution in [0.3, 0.4) is 0 Å². The third kappa shape index (κ3) is 8.40. The highest BCUT2D eigenvalue weighted by Gasteiger charge is 2.18. The highest BCUT2D eigenvalue weighted by atomic mass is 17.1. The summed E-state index contributed by atoms with van der Waals surface area (Å²) in [5.74, 6) is -0.803. The first kappa shape index (κ1) is 23.7. The average molecular weight is 418 g/mol. The van der Waals surface area contributed by atoms with Crippen molar-refractivity contribution in [3.05, 3.63) is 71.3 Å². The Labute approximate surface area is 175 Å². The minimum absolute atomic E-state index is 0.0664. The van der Waals surface area contributed by atoms with Crippen LogP contribution in [0.1, 0.15) is 26.3 Å². The number of carbonyl (C=O) groups excluding carboxylic acids is 2. The molecule has 0 aliphatic carbocycles. The van der Waals surface area contributed by atoms with Gasteiger partial charge in [-0.3, -0.25) is 10.1 Å². The van der Waals surface area contributed by atoms with Crippen molar-refractivity contribution in [1.82, 2.24) is 0 Å². The Morgan fingerprint density at radius 3 is 1.73 bits per heavy atom. The number of carbonyl (C=O) groups is 2. The molecule has 0 aromatic heterocycles. The Hall–Kier alpha value is -2.62. The molecule has 0 heterocycles. The van der Waals surface area contributed by atoms with E-state index in [-0.39, 0.29) is 31.2 Å². The van der Waals surface area contributed by atoms with Crippen molar-refractivity contribution in [3.63, 3.8) is 0 Å². The Bertz CT molecular complexity index is 763.